The Morgan fingerprint density at radius 3 is 2.48 bits per heavy atom. The summed E-state index contributed by atoms with van der Waals surface area (Å²) in [5.74, 6) is 0.424. The fourth-order valence-electron chi connectivity index (χ4n) is 4.29. The molecule has 0 aromatic heterocycles. The highest BCUT2D eigenvalue weighted by atomic mass is 19.1. The summed E-state index contributed by atoms with van der Waals surface area (Å²) in [6, 6.07) is 13.7. The molecule has 2 saturated heterocycles. The third-order valence-electron chi connectivity index (χ3n) is 6.12. The molecule has 2 heterocycles. The van der Waals surface area contributed by atoms with Crippen LogP contribution in [0.5, 0.6) is 5.75 Å². The van der Waals surface area contributed by atoms with Gasteiger partial charge in [0.25, 0.3) is 0 Å². The first-order valence-electron chi connectivity index (χ1n) is 10.7. The van der Waals surface area contributed by atoms with Crippen molar-refractivity contribution in [1.82, 2.24) is 9.80 Å². The van der Waals surface area contributed by atoms with Crippen molar-refractivity contribution in [2.45, 2.75) is 6.42 Å². The second-order valence-corrected chi connectivity index (χ2v) is 8.24. The Hall–Kier alpha value is -3.06. The monoisotopic (exact) mass is 424 g/mol. The van der Waals surface area contributed by atoms with E-state index in [2.05, 4.69) is 16.8 Å². The van der Waals surface area contributed by atoms with E-state index in [1.807, 2.05) is 28.0 Å². The van der Waals surface area contributed by atoms with Crippen molar-refractivity contribution in [3.8, 4) is 5.75 Å². The first-order chi connectivity index (χ1) is 15.0. The minimum atomic E-state index is -0.216. The minimum Gasteiger partial charge on any atom is -0.508 e. The van der Waals surface area contributed by atoms with Gasteiger partial charge in [-0.1, -0.05) is 18.7 Å². The normalized spacial score (nSPS) is 19.5. The average Bonchev–Trinajstić information content (AvgIpc) is 3.24. The van der Waals surface area contributed by atoms with Gasteiger partial charge in [0, 0.05) is 50.0 Å². The molecule has 7 heteroatoms. The Kier molecular flexibility index (Phi) is 6.42. The van der Waals surface area contributed by atoms with Crippen LogP contribution in [-0.4, -0.2) is 66.6 Å². The molecule has 2 aliphatic rings. The maximum Gasteiger partial charge on any atom is 0.236 e. The Morgan fingerprint density at radius 1 is 1.06 bits per heavy atom. The van der Waals surface area contributed by atoms with Gasteiger partial charge in [-0.3, -0.25) is 9.69 Å². The molecule has 1 atom stereocenters. The van der Waals surface area contributed by atoms with E-state index in [1.54, 1.807) is 24.3 Å². The number of anilines is 2. The molecule has 4 rings (SSSR count). The fraction of sp³-hybridized carbons (Fsp3) is 0.375. The highest BCUT2D eigenvalue weighted by Crippen LogP contribution is 2.25. The molecule has 2 N–H and O–H groups in total. The maximum absolute atomic E-state index is 14.0. The number of halogens is 1. The number of nitrogens with zero attached hydrogens (tertiary/aromatic N) is 3. The Morgan fingerprint density at radius 2 is 1.77 bits per heavy atom. The summed E-state index contributed by atoms with van der Waals surface area (Å²) < 4.78 is 14.0. The number of para-hydroxylation sites is 1. The van der Waals surface area contributed by atoms with Crippen molar-refractivity contribution in [2.75, 3.05) is 56.0 Å². The number of phenols is 1. The van der Waals surface area contributed by atoms with Gasteiger partial charge >= 0.3 is 0 Å². The van der Waals surface area contributed by atoms with E-state index in [4.69, 9.17) is 0 Å². The number of benzene rings is 2. The second kappa shape index (κ2) is 9.39. The number of likely N-dealkylation sites (tertiary alicyclic amines) is 1. The molecular weight excluding hydrogens is 395 g/mol. The predicted octanol–water partition coefficient (Wildman–Crippen LogP) is 3.13. The van der Waals surface area contributed by atoms with Crippen molar-refractivity contribution < 1.29 is 14.3 Å². The van der Waals surface area contributed by atoms with Gasteiger partial charge in [0.2, 0.25) is 5.91 Å². The standard InChI is InChI=1S/C24H29FN4O2/c1-18(26-20-6-8-21(30)9-7-20)19-10-11-27(16-19)17-24(31)29-14-12-28(13-15-29)23-5-3-2-4-22(23)25/h2-9,19,26,30H,1,10-17H2. The van der Waals surface area contributed by atoms with Crippen LogP contribution < -0.4 is 10.2 Å². The summed E-state index contributed by atoms with van der Waals surface area (Å²) in [6.45, 7) is 8.74. The van der Waals surface area contributed by atoms with Crippen LogP contribution in [0.1, 0.15) is 6.42 Å². The zero-order chi connectivity index (χ0) is 21.8. The number of amides is 1. The summed E-state index contributed by atoms with van der Waals surface area (Å²) in [5.41, 5.74) is 2.43. The zero-order valence-corrected chi connectivity index (χ0v) is 17.6. The van der Waals surface area contributed by atoms with Crippen LogP contribution in [0.3, 0.4) is 0 Å². The summed E-state index contributed by atoms with van der Waals surface area (Å²) in [4.78, 5) is 18.9. The van der Waals surface area contributed by atoms with E-state index in [0.29, 0.717) is 38.4 Å². The van der Waals surface area contributed by atoms with Crippen LogP contribution in [0.25, 0.3) is 0 Å². The number of phenolic OH excluding ortho intramolecular Hbond substituents is 1. The number of hydrogen-bond donors (Lipinski definition) is 2. The summed E-state index contributed by atoms with van der Waals surface area (Å²) in [7, 11) is 0. The van der Waals surface area contributed by atoms with E-state index in [-0.39, 0.29) is 23.4 Å². The summed E-state index contributed by atoms with van der Waals surface area (Å²) >= 11 is 0. The second-order valence-electron chi connectivity index (χ2n) is 8.24. The van der Waals surface area contributed by atoms with Crippen LogP contribution in [0.4, 0.5) is 15.8 Å². The third kappa shape index (κ3) is 5.17. The third-order valence-corrected chi connectivity index (χ3v) is 6.12. The van der Waals surface area contributed by atoms with Gasteiger partial charge in [-0.2, -0.15) is 0 Å². The minimum absolute atomic E-state index is 0.130. The van der Waals surface area contributed by atoms with E-state index in [9.17, 15) is 14.3 Å². The van der Waals surface area contributed by atoms with Crippen molar-refractivity contribution >= 4 is 17.3 Å². The summed E-state index contributed by atoms with van der Waals surface area (Å²) in [5, 5.41) is 12.7. The molecule has 0 radical (unpaired) electrons. The van der Waals surface area contributed by atoms with Crippen LogP contribution in [0, 0.1) is 11.7 Å². The van der Waals surface area contributed by atoms with Gasteiger partial charge in [-0.05, 0) is 49.4 Å². The molecule has 0 spiro atoms. The molecule has 1 amide bonds. The van der Waals surface area contributed by atoms with Crippen LogP contribution in [0.2, 0.25) is 0 Å². The van der Waals surface area contributed by atoms with Crippen molar-refractivity contribution in [2.24, 2.45) is 5.92 Å². The van der Waals surface area contributed by atoms with Crippen LogP contribution in [0.15, 0.2) is 60.8 Å². The molecule has 2 fully saturated rings. The molecular formula is C24H29FN4O2. The van der Waals surface area contributed by atoms with Gasteiger partial charge in [-0.25, -0.2) is 4.39 Å². The SMILES string of the molecule is C=C(Nc1ccc(O)cc1)C1CCN(CC(=O)N2CCN(c3ccccc3F)CC2)C1. The number of carbonyl (C=O) groups excluding carboxylic acids is 1. The Balaban J connectivity index is 1.23. The Bertz CT molecular complexity index is 925. The first-order valence-corrected chi connectivity index (χ1v) is 10.7. The van der Waals surface area contributed by atoms with E-state index >= 15 is 0 Å². The van der Waals surface area contributed by atoms with E-state index in [0.717, 1.165) is 30.9 Å². The molecule has 31 heavy (non-hydrogen) atoms. The molecule has 2 aromatic carbocycles. The van der Waals surface area contributed by atoms with Crippen molar-refractivity contribution in [3.63, 3.8) is 0 Å². The largest absolute Gasteiger partial charge is 0.508 e. The molecule has 2 aliphatic heterocycles. The quantitative estimate of drug-likeness (QED) is 0.698. The van der Waals surface area contributed by atoms with E-state index in [1.165, 1.54) is 6.07 Å². The van der Waals surface area contributed by atoms with Crippen molar-refractivity contribution in [1.29, 1.82) is 0 Å². The van der Waals surface area contributed by atoms with Crippen LogP contribution in [-0.2, 0) is 4.79 Å². The molecule has 6 nitrogen and oxygen atoms in total. The van der Waals surface area contributed by atoms with Gasteiger partial charge in [0.05, 0.1) is 12.2 Å². The van der Waals surface area contributed by atoms with Gasteiger partial charge < -0.3 is 20.2 Å². The van der Waals surface area contributed by atoms with Gasteiger partial charge in [0.1, 0.15) is 11.6 Å². The first kappa shape index (κ1) is 21.2. The summed E-state index contributed by atoms with van der Waals surface area (Å²) in [6.07, 6.45) is 0.957. The Labute approximate surface area is 182 Å². The van der Waals surface area contributed by atoms with Crippen molar-refractivity contribution in [3.05, 3.63) is 66.6 Å². The molecule has 0 aliphatic carbocycles. The van der Waals surface area contributed by atoms with Gasteiger partial charge in [-0.15, -0.1) is 0 Å². The average molecular weight is 425 g/mol. The molecule has 2 aromatic rings. The molecule has 164 valence electrons. The van der Waals surface area contributed by atoms with Crippen LogP contribution >= 0.6 is 0 Å². The molecule has 0 saturated carbocycles. The maximum atomic E-state index is 14.0. The topological polar surface area (TPSA) is 59.1 Å². The molecule has 0 bridgehead atoms. The molecule has 1 unspecified atom stereocenters. The highest BCUT2D eigenvalue weighted by molar-refractivity contribution is 5.78. The lowest BCUT2D eigenvalue weighted by molar-refractivity contribution is -0.132. The smallest absolute Gasteiger partial charge is 0.236 e. The number of hydrogen-bond acceptors (Lipinski definition) is 5. The van der Waals surface area contributed by atoms with E-state index < -0.39 is 0 Å². The number of aromatic hydroxyl groups is 1. The lowest BCUT2D eigenvalue weighted by Crippen LogP contribution is -2.51. The lowest BCUT2D eigenvalue weighted by Gasteiger charge is -2.36. The zero-order valence-electron chi connectivity index (χ0n) is 17.6. The number of nitrogens with one attached hydrogen (secondary N) is 1. The van der Waals surface area contributed by atoms with Gasteiger partial charge in [0.15, 0.2) is 0 Å². The number of carbonyl (C=O) groups is 1. The predicted molar refractivity (Wildman–Crippen MR) is 121 cm³/mol. The highest BCUT2D eigenvalue weighted by Gasteiger charge is 2.29. The number of rotatable bonds is 6. The fourth-order valence-corrected chi connectivity index (χ4v) is 4.29. The lowest BCUT2D eigenvalue weighted by atomic mass is 10.1. The number of piperazine rings is 1.